The summed E-state index contributed by atoms with van der Waals surface area (Å²) >= 11 is 6.88. The van der Waals surface area contributed by atoms with Gasteiger partial charge < -0.3 is 25.7 Å². The second kappa shape index (κ2) is 8.32. The zero-order chi connectivity index (χ0) is 23.2. The van der Waals surface area contributed by atoms with Gasteiger partial charge in [-0.3, -0.25) is 0 Å². The molecule has 0 radical (unpaired) electrons. The van der Waals surface area contributed by atoms with Crippen molar-refractivity contribution in [1.29, 1.82) is 5.26 Å². The van der Waals surface area contributed by atoms with Gasteiger partial charge in [-0.1, -0.05) is 23.3 Å². The van der Waals surface area contributed by atoms with Crippen LogP contribution < -0.4 is 20.9 Å². The minimum atomic E-state index is 0.276. The Balaban J connectivity index is 1.37. The topological polar surface area (TPSA) is 111 Å². The third-order valence-corrected chi connectivity index (χ3v) is 7.22. The molecule has 1 saturated carbocycles. The Morgan fingerprint density at radius 3 is 2.94 bits per heavy atom. The number of fused-ring (bicyclic) bond motifs is 2. The molecule has 3 aromatic rings. The highest BCUT2D eigenvalue weighted by molar-refractivity contribution is 6.36. The van der Waals surface area contributed by atoms with Crippen LogP contribution in [0.5, 0.6) is 0 Å². The fourth-order valence-electron chi connectivity index (χ4n) is 4.88. The molecular formula is C23H23ClN10. The third-order valence-electron chi connectivity index (χ3n) is 6.82. The maximum atomic E-state index is 9.69. The summed E-state index contributed by atoms with van der Waals surface area (Å²) in [5, 5.41) is 24.8. The molecule has 10 nitrogen and oxygen atoms in total. The first kappa shape index (κ1) is 21.0. The molecule has 2 aromatic heterocycles. The number of imidazole rings is 1. The Morgan fingerprint density at radius 1 is 1.26 bits per heavy atom. The van der Waals surface area contributed by atoms with E-state index < -0.39 is 0 Å². The Kier molecular flexibility index (Phi) is 5.13. The third kappa shape index (κ3) is 3.75. The molecule has 0 amide bonds. The summed E-state index contributed by atoms with van der Waals surface area (Å²) in [5.41, 5.74) is 2.40. The number of nitrogens with zero attached hydrogens (tertiary/aromatic N) is 7. The first-order valence-electron chi connectivity index (χ1n) is 11.5. The fraction of sp³-hybridized carbons (Fsp3) is 0.435. The molecule has 172 valence electrons. The molecule has 2 aliphatic heterocycles. The van der Waals surface area contributed by atoms with Crippen molar-refractivity contribution in [3.8, 4) is 6.07 Å². The van der Waals surface area contributed by atoms with Gasteiger partial charge in [-0.05, 0) is 50.3 Å². The smallest absolute Gasteiger partial charge is 0.275 e. The van der Waals surface area contributed by atoms with E-state index in [9.17, 15) is 5.26 Å². The molecule has 2 saturated heterocycles. The van der Waals surface area contributed by atoms with Gasteiger partial charge in [0.15, 0.2) is 5.82 Å². The van der Waals surface area contributed by atoms with Crippen molar-refractivity contribution < 1.29 is 0 Å². The Bertz CT molecular complexity index is 1350. The minimum Gasteiger partial charge on any atom is -0.369 e. The van der Waals surface area contributed by atoms with Crippen LogP contribution in [0.25, 0.3) is 10.5 Å². The van der Waals surface area contributed by atoms with Crippen molar-refractivity contribution in [3.63, 3.8) is 0 Å². The van der Waals surface area contributed by atoms with Gasteiger partial charge in [0.1, 0.15) is 0 Å². The van der Waals surface area contributed by atoms with Crippen molar-refractivity contribution in [2.24, 2.45) is 5.92 Å². The van der Waals surface area contributed by atoms with Gasteiger partial charge in [-0.25, -0.2) is 4.98 Å². The van der Waals surface area contributed by atoms with Crippen LogP contribution in [-0.2, 0) is 0 Å². The maximum absolute atomic E-state index is 9.69. The number of nitriles is 1. The zero-order valence-electron chi connectivity index (χ0n) is 18.4. The first-order chi connectivity index (χ1) is 16.6. The zero-order valence-corrected chi connectivity index (χ0v) is 19.2. The lowest BCUT2D eigenvalue weighted by molar-refractivity contribution is 0.374. The molecule has 1 aromatic carbocycles. The van der Waals surface area contributed by atoms with Gasteiger partial charge >= 0.3 is 0 Å². The Hall–Kier alpha value is -3.60. The number of nitrogens with one attached hydrogen (secondary N) is 3. The van der Waals surface area contributed by atoms with Crippen molar-refractivity contribution in [2.75, 3.05) is 35.2 Å². The van der Waals surface area contributed by atoms with Crippen LogP contribution in [0.3, 0.4) is 0 Å². The van der Waals surface area contributed by atoms with Crippen molar-refractivity contribution in [3.05, 3.63) is 40.3 Å². The van der Waals surface area contributed by atoms with E-state index in [0.717, 1.165) is 44.6 Å². The van der Waals surface area contributed by atoms with Gasteiger partial charge in [0, 0.05) is 25.2 Å². The highest BCUT2D eigenvalue weighted by atomic mass is 35.5. The van der Waals surface area contributed by atoms with Gasteiger partial charge in [0.25, 0.3) is 17.4 Å². The molecule has 6 rings (SSSR count). The molecule has 34 heavy (non-hydrogen) atoms. The minimum absolute atomic E-state index is 0.276. The van der Waals surface area contributed by atoms with Crippen molar-refractivity contribution in [2.45, 2.75) is 37.8 Å². The van der Waals surface area contributed by atoms with E-state index in [0.29, 0.717) is 51.6 Å². The van der Waals surface area contributed by atoms with Gasteiger partial charge in [-0.15, -0.1) is 4.52 Å². The monoisotopic (exact) mass is 474 g/mol. The number of aromatic nitrogens is 4. The van der Waals surface area contributed by atoms with Crippen LogP contribution in [0, 0.1) is 23.8 Å². The number of anilines is 4. The number of hydrogen-bond donors (Lipinski definition) is 3. The number of piperidine rings is 1. The van der Waals surface area contributed by atoms with E-state index in [1.165, 1.54) is 17.1 Å². The van der Waals surface area contributed by atoms with Crippen LogP contribution in [0.4, 0.5) is 29.0 Å². The number of halogens is 1. The molecule has 0 spiro atoms. The van der Waals surface area contributed by atoms with Crippen LogP contribution in [-0.4, -0.2) is 51.3 Å². The largest absolute Gasteiger partial charge is 0.369 e. The molecule has 0 bridgehead atoms. The molecule has 3 N–H and O–H groups in total. The van der Waals surface area contributed by atoms with Crippen LogP contribution in [0.2, 0.25) is 5.02 Å². The lowest BCUT2D eigenvalue weighted by Crippen LogP contribution is -2.46. The SMILES string of the molecule is [C-]#[N+]c1cnc2c(NC3CC3)nc(Nc3cc(C#N)cc(N4CCC5CCNC5C4)c3Cl)nn12. The van der Waals surface area contributed by atoms with Crippen molar-refractivity contribution in [1.82, 2.24) is 24.9 Å². The number of rotatable bonds is 5. The lowest BCUT2D eigenvalue weighted by Gasteiger charge is -2.37. The Morgan fingerprint density at radius 2 is 2.15 bits per heavy atom. The van der Waals surface area contributed by atoms with E-state index in [2.05, 4.69) is 46.8 Å². The molecule has 2 unspecified atom stereocenters. The molecule has 2 atom stereocenters. The standard InChI is InChI=1S/C23H23ClN10/c1-26-19-11-28-22-21(29-15-2-3-15)31-23(32-34(19)22)30-16-8-13(10-25)9-18(20(16)24)33-7-5-14-4-6-27-17(14)12-33/h8-9,11,14-15,17,27H,2-7,12H2,(H2,29,30,31,32). The molecule has 3 fully saturated rings. The summed E-state index contributed by atoms with van der Waals surface area (Å²) < 4.78 is 1.48. The van der Waals surface area contributed by atoms with E-state index in [1.807, 2.05) is 6.07 Å². The molecule has 11 heteroatoms. The lowest BCUT2D eigenvalue weighted by atomic mass is 9.92. The predicted octanol–water partition coefficient (Wildman–Crippen LogP) is 3.71. The summed E-state index contributed by atoms with van der Waals surface area (Å²) in [4.78, 5) is 14.7. The average molecular weight is 475 g/mol. The number of hydrogen-bond acceptors (Lipinski definition) is 8. The first-order valence-corrected chi connectivity index (χ1v) is 11.9. The predicted molar refractivity (Wildman–Crippen MR) is 130 cm³/mol. The summed E-state index contributed by atoms with van der Waals surface area (Å²) in [6, 6.07) is 6.60. The van der Waals surface area contributed by atoms with Gasteiger partial charge in [0.05, 0.1) is 34.2 Å². The van der Waals surface area contributed by atoms with E-state index in [-0.39, 0.29) is 5.95 Å². The maximum Gasteiger partial charge on any atom is 0.275 e. The molecule has 1 aliphatic carbocycles. The van der Waals surface area contributed by atoms with Crippen LogP contribution in [0.1, 0.15) is 31.2 Å². The second-order valence-corrected chi connectivity index (χ2v) is 9.48. The normalized spacial score (nSPS) is 21.7. The van der Waals surface area contributed by atoms with E-state index in [4.69, 9.17) is 18.2 Å². The van der Waals surface area contributed by atoms with E-state index in [1.54, 1.807) is 6.07 Å². The highest BCUT2D eigenvalue weighted by Gasteiger charge is 2.33. The van der Waals surface area contributed by atoms with Crippen LogP contribution in [0.15, 0.2) is 18.3 Å². The highest BCUT2D eigenvalue weighted by Crippen LogP contribution is 2.39. The quantitative estimate of drug-likeness (QED) is 0.480. The fourth-order valence-corrected chi connectivity index (χ4v) is 5.16. The van der Waals surface area contributed by atoms with Crippen LogP contribution >= 0.6 is 11.6 Å². The number of benzene rings is 1. The summed E-state index contributed by atoms with van der Waals surface area (Å²) in [7, 11) is 0. The summed E-state index contributed by atoms with van der Waals surface area (Å²) in [5.74, 6) is 1.84. The molecular weight excluding hydrogens is 452 g/mol. The van der Waals surface area contributed by atoms with E-state index >= 15 is 0 Å². The second-order valence-electron chi connectivity index (χ2n) is 9.10. The summed E-state index contributed by atoms with van der Waals surface area (Å²) in [6.45, 7) is 10.3. The van der Waals surface area contributed by atoms with Gasteiger partial charge in [0.2, 0.25) is 0 Å². The molecule has 3 aliphatic rings. The molecule has 4 heterocycles. The average Bonchev–Trinajstić information content (AvgIpc) is 3.37. The van der Waals surface area contributed by atoms with Crippen molar-refractivity contribution >= 4 is 46.2 Å². The Labute approximate surface area is 201 Å². The summed E-state index contributed by atoms with van der Waals surface area (Å²) in [6.07, 6.45) is 5.95. The van der Waals surface area contributed by atoms with Gasteiger partial charge in [-0.2, -0.15) is 10.2 Å².